The number of hydrogen-bond acceptors (Lipinski definition) is 1. The fourth-order valence-electron chi connectivity index (χ4n) is 1.01. The molecule has 0 fully saturated rings. The maximum atomic E-state index is 4.01. The van der Waals surface area contributed by atoms with Crippen LogP contribution in [-0.2, 0) is 0 Å². The quantitative estimate of drug-likeness (QED) is 0.465. The van der Waals surface area contributed by atoms with Crippen molar-refractivity contribution in [3.63, 3.8) is 0 Å². The van der Waals surface area contributed by atoms with Crippen LogP contribution in [0, 0.1) is 0 Å². The van der Waals surface area contributed by atoms with Gasteiger partial charge in [0.2, 0.25) is 0 Å². The molecule has 1 aliphatic rings. The SMILES string of the molecule is C=CN=C(N=C)C1=CC=CC=CC=C1. The zero-order chi connectivity index (χ0) is 10.2. The summed E-state index contributed by atoms with van der Waals surface area (Å²) in [6.45, 7) is 6.99. The third-order valence-electron chi connectivity index (χ3n) is 1.62. The summed E-state index contributed by atoms with van der Waals surface area (Å²) in [5.41, 5.74) is 0.917. The van der Waals surface area contributed by atoms with E-state index < -0.39 is 0 Å². The second kappa shape index (κ2) is 5.65. The zero-order valence-corrected chi connectivity index (χ0v) is 7.93. The molecule has 0 unspecified atom stereocenters. The zero-order valence-electron chi connectivity index (χ0n) is 7.93. The van der Waals surface area contributed by atoms with E-state index in [0.29, 0.717) is 5.84 Å². The fourth-order valence-corrected chi connectivity index (χ4v) is 1.01. The molecule has 14 heavy (non-hydrogen) atoms. The highest BCUT2D eigenvalue weighted by atomic mass is 14.9. The summed E-state index contributed by atoms with van der Waals surface area (Å²) in [5, 5.41) is 0. The van der Waals surface area contributed by atoms with Gasteiger partial charge in [-0.05, 0) is 6.72 Å². The third-order valence-corrected chi connectivity index (χ3v) is 1.62. The van der Waals surface area contributed by atoms with Crippen molar-refractivity contribution in [2.24, 2.45) is 9.98 Å². The molecule has 0 saturated heterocycles. The predicted molar refractivity (Wildman–Crippen MR) is 62.7 cm³/mol. The lowest BCUT2D eigenvalue weighted by Gasteiger charge is -1.99. The van der Waals surface area contributed by atoms with Gasteiger partial charge in [0.1, 0.15) is 0 Å². The molecule has 0 bridgehead atoms. The Morgan fingerprint density at radius 3 is 2.57 bits per heavy atom. The van der Waals surface area contributed by atoms with Crippen molar-refractivity contribution in [3.05, 3.63) is 60.9 Å². The normalized spacial score (nSPS) is 15.7. The van der Waals surface area contributed by atoms with Gasteiger partial charge in [-0.15, -0.1) is 0 Å². The van der Waals surface area contributed by atoms with Crippen LogP contribution in [0.25, 0.3) is 0 Å². The number of rotatable bonds is 2. The number of allylic oxidation sites excluding steroid dienone is 6. The van der Waals surface area contributed by atoms with Crippen molar-refractivity contribution in [2.75, 3.05) is 0 Å². The van der Waals surface area contributed by atoms with Crippen LogP contribution in [-0.4, -0.2) is 12.6 Å². The highest BCUT2D eigenvalue weighted by Gasteiger charge is 1.98. The average Bonchev–Trinajstić information content (AvgIpc) is 2.15. The molecule has 2 heteroatoms. The van der Waals surface area contributed by atoms with E-state index in [1.54, 1.807) is 0 Å². The van der Waals surface area contributed by atoms with Gasteiger partial charge in [-0.3, -0.25) is 0 Å². The molecule has 1 aliphatic carbocycles. The van der Waals surface area contributed by atoms with Crippen LogP contribution in [0.15, 0.2) is 70.9 Å². The van der Waals surface area contributed by atoms with Gasteiger partial charge in [-0.25, -0.2) is 9.98 Å². The van der Waals surface area contributed by atoms with Crippen LogP contribution in [0.4, 0.5) is 0 Å². The van der Waals surface area contributed by atoms with E-state index >= 15 is 0 Å². The Hall–Kier alpha value is -1.96. The van der Waals surface area contributed by atoms with Crippen LogP contribution < -0.4 is 0 Å². The summed E-state index contributed by atoms with van der Waals surface area (Å²) in [4.78, 5) is 7.84. The maximum Gasteiger partial charge on any atom is 0.158 e. The van der Waals surface area contributed by atoms with E-state index in [-0.39, 0.29) is 0 Å². The summed E-state index contributed by atoms with van der Waals surface area (Å²) < 4.78 is 0. The number of nitrogens with zero attached hydrogens (tertiary/aromatic N) is 2. The Bertz CT molecular complexity index is 366. The molecule has 0 spiro atoms. The van der Waals surface area contributed by atoms with Crippen molar-refractivity contribution in [1.29, 1.82) is 0 Å². The lowest BCUT2D eigenvalue weighted by Crippen LogP contribution is -1.95. The predicted octanol–water partition coefficient (Wildman–Crippen LogP) is 2.84. The van der Waals surface area contributed by atoms with Crippen molar-refractivity contribution >= 4 is 12.6 Å². The molecular formula is C12H12N2. The standard InChI is InChI=1S/C12H12N2/c1-3-14-12(13-2)11-9-7-5-4-6-8-10-11/h3-10H,1-2H2. The van der Waals surface area contributed by atoms with Gasteiger partial charge in [0.15, 0.2) is 5.84 Å². The Balaban J connectivity index is 3.00. The Kier molecular flexibility index (Phi) is 4.08. The molecule has 0 aromatic rings. The summed E-state index contributed by atoms with van der Waals surface area (Å²) in [7, 11) is 0. The van der Waals surface area contributed by atoms with Gasteiger partial charge < -0.3 is 0 Å². The molecule has 0 aliphatic heterocycles. The summed E-state index contributed by atoms with van der Waals surface area (Å²) in [5.74, 6) is 0.580. The molecule has 0 N–H and O–H groups in total. The van der Waals surface area contributed by atoms with Crippen LogP contribution >= 0.6 is 0 Å². The fraction of sp³-hybridized carbons (Fsp3) is 0. The molecule has 1 rings (SSSR count). The van der Waals surface area contributed by atoms with Gasteiger partial charge >= 0.3 is 0 Å². The van der Waals surface area contributed by atoms with Gasteiger partial charge in [0, 0.05) is 11.8 Å². The van der Waals surface area contributed by atoms with Gasteiger partial charge in [0.25, 0.3) is 0 Å². The minimum Gasteiger partial charge on any atom is -0.245 e. The number of hydrogen-bond donors (Lipinski definition) is 0. The minimum atomic E-state index is 0.580. The first-order valence-corrected chi connectivity index (χ1v) is 4.26. The second-order valence-corrected chi connectivity index (χ2v) is 2.54. The average molecular weight is 184 g/mol. The molecule has 0 heterocycles. The van der Waals surface area contributed by atoms with E-state index in [9.17, 15) is 0 Å². The van der Waals surface area contributed by atoms with Gasteiger partial charge in [-0.2, -0.15) is 0 Å². The van der Waals surface area contributed by atoms with Gasteiger partial charge in [-0.1, -0.05) is 49.1 Å². The van der Waals surface area contributed by atoms with E-state index in [2.05, 4.69) is 23.3 Å². The molecule has 0 radical (unpaired) electrons. The van der Waals surface area contributed by atoms with Crippen LogP contribution in [0.5, 0.6) is 0 Å². The summed E-state index contributed by atoms with van der Waals surface area (Å²) in [6.07, 6.45) is 15.0. The first-order valence-electron chi connectivity index (χ1n) is 4.26. The van der Waals surface area contributed by atoms with Crippen molar-refractivity contribution < 1.29 is 0 Å². The van der Waals surface area contributed by atoms with Crippen LogP contribution in [0.3, 0.4) is 0 Å². The second-order valence-electron chi connectivity index (χ2n) is 2.54. The largest absolute Gasteiger partial charge is 0.245 e. The summed E-state index contributed by atoms with van der Waals surface area (Å²) in [6, 6.07) is 0. The van der Waals surface area contributed by atoms with Crippen LogP contribution in [0.2, 0.25) is 0 Å². The highest BCUT2D eigenvalue weighted by molar-refractivity contribution is 6.03. The molecule has 0 saturated carbocycles. The van der Waals surface area contributed by atoms with Crippen LogP contribution in [0.1, 0.15) is 0 Å². The molecule has 2 nitrogen and oxygen atoms in total. The Labute approximate surface area is 84.1 Å². The monoisotopic (exact) mass is 184 g/mol. The molecule has 0 aromatic heterocycles. The van der Waals surface area contributed by atoms with Crippen molar-refractivity contribution in [1.82, 2.24) is 0 Å². The lowest BCUT2D eigenvalue weighted by molar-refractivity contribution is 1.49. The lowest BCUT2D eigenvalue weighted by atomic mass is 10.1. The van der Waals surface area contributed by atoms with Gasteiger partial charge in [0.05, 0.1) is 0 Å². The number of aliphatic imine (C=N–C) groups is 2. The molecule has 0 amide bonds. The Morgan fingerprint density at radius 1 is 1.14 bits per heavy atom. The molecular weight excluding hydrogens is 172 g/mol. The summed E-state index contributed by atoms with van der Waals surface area (Å²) >= 11 is 0. The van der Waals surface area contributed by atoms with E-state index in [1.165, 1.54) is 6.20 Å². The van der Waals surface area contributed by atoms with E-state index in [4.69, 9.17) is 0 Å². The minimum absolute atomic E-state index is 0.580. The van der Waals surface area contributed by atoms with E-state index in [0.717, 1.165) is 5.57 Å². The molecule has 0 atom stereocenters. The maximum absolute atomic E-state index is 4.01. The first-order chi connectivity index (χ1) is 6.88. The van der Waals surface area contributed by atoms with Crippen molar-refractivity contribution in [2.45, 2.75) is 0 Å². The number of amidine groups is 1. The molecule has 0 aromatic carbocycles. The first kappa shape index (κ1) is 10.1. The smallest absolute Gasteiger partial charge is 0.158 e. The third kappa shape index (κ3) is 2.83. The topological polar surface area (TPSA) is 24.7 Å². The highest BCUT2D eigenvalue weighted by Crippen LogP contribution is 2.05. The Morgan fingerprint density at radius 2 is 1.86 bits per heavy atom. The van der Waals surface area contributed by atoms with E-state index in [1.807, 2.05) is 42.5 Å². The van der Waals surface area contributed by atoms with Crippen molar-refractivity contribution in [3.8, 4) is 0 Å². The molecule has 70 valence electrons.